The van der Waals surface area contributed by atoms with Gasteiger partial charge in [-0.3, -0.25) is 9.68 Å². The van der Waals surface area contributed by atoms with Crippen LogP contribution in [0.3, 0.4) is 0 Å². The first-order chi connectivity index (χ1) is 8.35. The van der Waals surface area contributed by atoms with Crippen LogP contribution in [-0.2, 0) is 15.2 Å². The molecule has 0 amide bonds. The van der Waals surface area contributed by atoms with Crippen molar-refractivity contribution in [3.63, 3.8) is 0 Å². The molecule has 88 valence electrons. The summed E-state index contributed by atoms with van der Waals surface area (Å²) in [6, 6.07) is 12.3. The lowest BCUT2D eigenvalue weighted by Crippen LogP contribution is -2.44. The van der Waals surface area contributed by atoms with Gasteiger partial charge in [0.2, 0.25) is 0 Å². The van der Waals surface area contributed by atoms with Crippen LogP contribution < -0.4 is 0 Å². The lowest BCUT2D eigenvalue weighted by Gasteiger charge is -2.38. The van der Waals surface area contributed by atoms with Crippen molar-refractivity contribution in [1.82, 2.24) is 5.23 Å². The average molecular weight is 230 g/mol. The van der Waals surface area contributed by atoms with E-state index in [4.69, 9.17) is 14.9 Å². The van der Waals surface area contributed by atoms with Crippen molar-refractivity contribution in [3.8, 4) is 6.07 Å². The number of hydrogen-bond donors (Lipinski definition) is 0. The fourth-order valence-electron chi connectivity index (χ4n) is 2.68. The van der Waals surface area contributed by atoms with Gasteiger partial charge in [-0.2, -0.15) is 5.26 Å². The molecule has 3 rings (SSSR count). The molecule has 0 unspecified atom stereocenters. The third kappa shape index (κ3) is 1.64. The Kier molecular flexibility index (Phi) is 2.60. The molecule has 4 nitrogen and oxygen atoms in total. The molecule has 2 heterocycles. The number of hydroxylamine groups is 2. The smallest absolute Gasteiger partial charge is 0.170 e. The first-order valence-electron chi connectivity index (χ1n) is 5.90. The van der Waals surface area contributed by atoms with Gasteiger partial charge in [0.25, 0.3) is 0 Å². The van der Waals surface area contributed by atoms with Crippen molar-refractivity contribution >= 4 is 0 Å². The molecule has 2 aliphatic heterocycles. The summed E-state index contributed by atoms with van der Waals surface area (Å²) < 4.78 is 0. The van der Waals surface area contributed by atoms with Crippen molar-refractivity contribution in [3.05, 3.63) is 35.9 Å². The SMILES string of the molecule is N#C[C@H]1C[C@]2(c3ccccc3)CCCON2O1. The highest BCUT2D eigenvalue weighted by molar-refractivity contribution is 5.26. The van der Waals surface area contributed by atoms with Crippen molar-refractivity contribution < 1.29 is 9.68 Å². The molecule has 0 N–H and O–H groups in total. The summed E-state index contributed by atoms with van der Waals surface area (Å²) in [5.74, 6) is 0. The van der Waals surface area contributed by atoms with Gasteiger partial charge >= 0.3 is 0 Å². The van der Waals surface area contributed by atoms with Crippen LogP contribution in [0.1, 0.15) is 24.8 Å². The van der Waals surface area contributed by atoms with Gasteiger partial charge in [-0.1, -0.05) is 35.6 Å². The summed E-state index contributed by atoms with van der Waals surface area (Å²) in [5, 5.41) is 10.6. The lowest BCUT2D eigenvalue weighted by molar-refractivity contribution is -0.404. The van der Waals surface area contributed by atoms with Gasteiger partial charge in [-0.05, 0) is 18.4 Å². The summed E-state index contributed by atoms with van der Waals surface area (Å²) in [4.78, 5) is 11.1. The Morgan fingerprint density at radius 1 is 1.35 bits per heavy atom. The zero-order valence-corrected chi connectivity index (χ0v) is 9.50. The second-order valence-electron chi connectivity index (χ2n) is 4.52. The highest BCUT2D eigenvalue weighted by Gasteiger charge is 2.51. The third-order valence-electron chi connectivity index (χ3n) is 3.49. The second-order valence-corrected chi connectivity index (χ2v) is 4.52. The van der Waals surface area contributed by atoms with Crippen LogP contribution in [0.15, 0.2) is 30.3 Å². The molecule has 0 aromatic heterocycles. The van der Waals surface area contributed by atoms with E-state index in [1.807, 2.05) is 18.2 Å². The number of benzene rings is 1. The van der Waals surface area contributed by atoms with Crippen molar-refractivity contribution in [2.45, 2.75) is 30.9 Å². The molecule has 2 atom stereocenters. The third-order valence-corrected chi connectivity index (χ3v) is 3.49. The fourth-order valence-corrected chi connectivity index (χ4v) is 2.68. The molecular weight excluding hydrogens is 216 g/mol. The van der Waals surface area contributed by atoms with Crippen molar-refractivity contribution in [2.24, 2.45) is 0 Å². The minimum absolute atomic E-state index is 0.278. The zero-order chi connectivity index (χ0) is 11.7. The fraction of sp³-hybridized carbons (Fsp3) is 0.462. The standard InChI is InChI=1S/C13H14N2O2/c14-10-12-9-13(11-5-2-1-3-6-11)7-4-8-16-15(13)17-12/h1-3,5-6,12H,4,7-9H2/t12-,13+/m1/s1. The van der Waals surface area contributed by atoms with Crippen LogP contribution in [-0.4, -0.2) is 17.9 Å². The van der Waals surface area contributed by atoms with E-state index in [1.165, 1.54) is 0 Å². The van der Waals surface area contributed by atoms with Gasteiger partial charge in [0.15, 0.2) is 6.10 Å². The highest BCUT2D eigenvalue weighted by atomic mass is 17.0. The van der Waals surface area contributed by atoms with E-state index in [1.54, 1.807) is 5.23 Å². The van der Waals surface area contributed by atoms with E-state index >= 15 is 0 Å². The number of hydrogen-bond acceptors (Lipinski definition) is 4. The molecule has 17 heavy (non-hydrogen) atoms. The Balaban J connectivity index is 2.00. The van der Waals surface area contributed by atoms with Gasteiger partial charge < -0.3 is 0 Å². The van der Waals surface area contributed by atoms with Gasteiger partial charge in [0, 0.05) is 6.42 Å². The number of fused-ring (bicyclic) bond motifs is 1. The lowest BCUT2D eigenvalue weighted by atomic mass is 9.82. The predicted molar refractivity (Wildman–Crippen MR) is 60.2 cm³/mol. The summed E-state index contributed by atoms with van der Waals surface area (Å²) in [7, 11) is 0. The van der Waals surface area contributed by atoms with E-state index in [2.05, 4.69) is 18.2 Å². The number of nitrogens with zero attached hydrogens (tertiary/aromatic N) is 2. The van der Waals surface area contributed by atoms with Gasteiger partial charge in [0.1, 0.15) is 5.54 Å². The van der Waals surface area contributed by atoms with E-state index < -0.39 is 6.10 Å². The van der Waals surface area contributed by atoms with Crippen LogP contribution in [0.4, 0.5) is 0 Å². The zero-order valence-electron chi connectivity index (χ0n) is 9.50. The summed E-state index contributed by atoms with van der Waals surface area (Å²) in [6.07, 6.45) is 2.23. The van der Waals surface area contributed by atoms with Crippen LogP contribution in [0, 0.1) is 11.3 Å². The Labute approximate surface area is 100 Å². The topological polar surface area (TPSA) is 45.5 Å². The molecule has 0 spiro atoms. The maximum absolute atomic E-state index is 9.02. The largest absolute Gasteiger partial charge is 0.273 e. The molecular formula is C13H14N2O2. The summed E-state index contributed by atoms with van der Waals surface area (Å²) >= 11 is 0. The normalized spacial score (nSPS) is 33.0. The van der Waals surface area contributed by atoms with Gasteiger partial charge in [0.05, 0.1) is 12.7 Å². The maximum Gasteiger partial charge on any atom is 0.170 e. The minimum Gasteiger partial charge on any atom is -0.273 e. The first kappa shape index (κ1) is 10.7. The molecule has 4 heteroatoms. The number of rotatable bonds is 1. The molecule has 0 radical (unpaired) electrons. The Morgan fingerprint density at radius 3 is 2.94 bits per heavy atom. The van der Waals surface area contributed by atoms with Crippen LogP contribution in [0.5, 0.6) is 0 Å². The molecule has 2 aliphatic rings. The molecule has 2 fully saturated rings. The molecule has 0 bridgehead atoms. The Morgan fingerprint density at radius 2 is 2.18 bits per heavy atom. The van der Waals surface area contributed by atoms with E-state index in [0.29, 0.717) is 13.0 Å². The van der Waals surface area contributed by atoms with Crippen LogP contribution >= 0.6 is 0 Å². The predicted octanol–water partition coefficient (Wildman–Crippen LogP) is 2.14. The van der Waals surface area contributed by atoms with E-state index in [9.17, 15) is 0 Å². The molecule has 0 aliphatic carbocycles. The summed E-state index contributed by atoms with van der Waals surface area (Å²) in [5.41, 5.74) is 0.886. The minimum atomic E-state index is -0.409. The average Bonchev–Trinajstić information content (AvgIpc) is 2.79. The number of nitriles is 1. The summed E-state index contributed by atoms with van der Waals surface area (Å²) in [6.45, 7) is 0.659. The molecule has 0 saturated carbocycles. The molecule has 2 saturated heterocycles. The second kappa shape index (κ2) is 4.11. The van der Waals surface area contributed by atoms with Crippen LogP contribution in [0.25, 0.3) is 0 Å². The quantitative estimate of drug-likeness (QED) is 0.741. The first-order valence-corrected chi connectivity index (χ1v) is 5.90. The van der Waals surface area contributed by atoms with Gasteiger partial charge in [-0.15, -0.1) is 0 Å². The Bertz CT molecular complexity index is 442. The monoisotopic (exact) mass is 230 g/mol. The van der Waals surface area contributed by atoms with Gasteiger partial charge in [-0.25, -0.2) is 0 Å². The Hall–Kier alpha value is -1.41. The molecule has 1 aromatic carbocycles. The van der Waals surface area contributed by atoms with E-state index in [-0.39, 0.29) is 5.54 Å². The maximum atomic E-state index is 9.02. The van der Waals surface area contributed by atoms with Crippen molar-refractivity contribution in [1.29, 1.82) is 5.26 Å². The van der Waals surface area contributed by atoms with E-state index in [0.717, 1.165) is 18.4 Å². The highest BCUT2D eigenvalue weighted by Crippen LogP contribution is 2.46. The van der Waals surface area contributed by atoms with Crippen LogP contribution in [0.2, 0.25) is 0 Å². The molecule has 1 aromatic rings. The van der Waals surface area contributed by atoms with Crippen molar-refractivity contribution in [2.75, 3.05) is 6.61 Å².